The van der Waals surface area contributed by atoms with Gasteiger partial charge in [0, 0.05) is 18.3 Å². The van der Waals surface area contributed by atoms with Gasteiger partial charge in [-0.1, -0.05) is 37.8 Å². The Labute approximate surface area is 127 Å². The number of methoxy groups -OCH3 is 1. The van der Waals surface area contributed by atoms with Crippen molar-refractivity contribution in [1.29, 1.82) is 0 Å². The summed E-state index contributed by atoms with van der Waals surface area (Å²) in [4.78, 5) is 14.3. The third kappa shape index (κ3) is 3.97. The molecular weight excluding hydrogens is 264 g/mol. The highest BCUT2D eigenvalue weighted by atomic mass is 16.5. The lowest BCUT2D eigenvalue weighted by Gasteiger charge is -2.27. The van der Waals surface area contributed by atoms with Crippen molar-refractivity contribution in [2.24, 2.45) is 0 Å². The molecule has 2 rings (SSSR count). The van der Waals surface area contributed by atoms with Gasteiger partial charge in [0.05, 0.1) is 12.7 Å². The standard InChI is InChI=1S/C17H26N2O2/c1-19(14-9-5-3-4-6-10-14)12-13-8-7-11-15(18)16(13)17(20)21-2/h7-8,11,14H,3-6,9-10,12,18H2,1-2H3. The summed E-state index contributed by atoms with van der Waals surface area (Å²) in [5.74, 6) is -0.350. The van der Waals surface area contributed by atoms with Crippen molar-refractivity contribution in [3.05, 3.63) is 29.3 Å². The molecule has 0 radical (unpaired) electrons. The van der Waals surface area contributed by atoms with Gasteiger partial charge in [-0.05, 0) is 31.5 Å². The van der Waals surface area contributed by atoms with Gasteiger partial charge in [0.1, 0.15) is 0 Å². The lowest BCUT2D eigenvalue weighted by atomic mass is 10.0. The zero-order chi connectivity index (χ0) is 15.2. The first-order valence-corrected chi connectivity index (χ1v) is 7.79. The summed E-state index contributed by atoms with van der Waals surface area (Å²) < 4.78 is 4.87. The van der Waals surface area contributed by atoms with Crippen LogP contribution >= 0.6 is 0 Å². The molecule has 1 saturated carbocycles. The van der Waals surface area contributed by atoms with Gasteiger partial charge in [0.25, 0.3) is 0 Å². The molecule has 0 bridgehead atoms. The fraction of sp³-hybridized carbons (Fsp3) is 0.588. The minimum absolute atomic E-state index is 0.350. The average molecular weight is 290 g/mol. The molecule has 0 aromatic heterocycles. The molecule has 1 aliphatic rings. The molecule has 1 aliphatic carbocycles. The zero-order valence-electron chi connectivity index (χ0n) is 13.1. The van der Waals surface area contributed by atoms with Gasteiger partial charge in [-0.3, -0.25) is 4.90 Å². The molecule has 0 saturated heterocycles. The number of carbonyl (C=O) groups excluding carboxylic acids is 1. The van der Waals surface area contributed by atoms with Crippen molar-refractivity contribution >= 4 is 11.7 Å². The molecule has 1 aromatic carbocycles. The maximum atomic E-state index is 11.9. The van der Waals surface area contributed by atoms with E-state index in [-0.39, 0.29) is 5.97 Å². The Hall–Kier alpha value is -1.55. The number of hydrogen-bond acceptors (Lipinski definition) is 4. The minimum atomic E-state index is -0.350. The first kappa shape index (κ1) is 15.8. The smallest absolute Gasteiger partial charge is 0.340 e. The van der Waals surface area contributed by atoms with Crippen LogP contribution in [-0.2, 0) is 11.3 Å². The number of nitrogen functional groups attached to an aromatic ring is 1. The molecule has 0 aliphatic heterocycles. The average Bonchev–Trinajstić information content (AvgIpc) is 2.76. The number of nitrogens with two attached hydrogens (primary N) is 1. The predicted octanol–water partition coefficient (Wildman–Crippen LogP) is 3.21. The molecular formula is C17H26N2O2. The van der Waals surface area contributed by atoms with Crippen LogP contribution in [0.4, 0.5) is 5.69 Å². The summed E-state index contributed by atoms with van der Waals surface area (Å²) in [6.07, 6.45) is 7.77. The van der Waals surface area contributed by atoms with E-state index >= 15 is 0 Å². The highest BCUT2D eigenvalue weighted by Crippen LogP contribution is 2.25. The van der Waals surface area contributed by atoms with E-state index in [4.69, 9.17) is 10.5 Å². The van der Waals surface area contributed by atoms with Crippen molar-refractivity contribution in [2.75, 3.05) is 19.9 Å². The van der Waals surface area contributed by atoms with Crippen molar-refractivity contribution in [2.45, 2.75) is 51.1 Å². The number of esters is 1. The number of carbonyl (C=O) groups is 1. The second kappa shape index (κ2) is 7.46. The summed E-state index contributed by atoms with van der Waals surface area (Å²) in [6, 6.07) is 6.22. The van der Waals surface area contributed by atoms with Crippen LogP contribution in [0.1, 0.15) is 54.4 Å². The normalized spacial score (nSPS) is 16.7. The summed E-state index contributed by atoms with van der Waals surface area (Å²) in [5.41, 5.74) is 7.92. The molecule has 4 nitrogen and oxygen atoms in total. The van der Waals surface area contributed by atoms with E-state index in [1.54, 1.807) is 6.07 Å². The molecule has 1 fully saturated rings. The van der Waals surface area contributed by atoms with Crippen LogP contribution in [0, 0.1) is 0 Å². The quantitative estimate of drug-likeness (QED) is 0.525. The highest BCUT2D eigenvalue weighted by Gasteiger charge is 2.21. The van der Waals surface area contributed by atoms with Crippen LogP contribution in [0.3, 0.4) is 0 Å². The van der Waals surface area contributed by atoms with E-state index in [0.717, 1.165) is 12.1 Å². The number of hydrogen-bond donors (Lipinski definition) is 1. The first-order chi connectivity index (χ1) is 10.1. The Morgan fingerprint density at radius 2 is 1.95 bits per heavy atom. The molecule has 21 heavy (non-hydrogen) atoms. The predicted molar refractivity (Wildman–Crippen MR) is 85.2 cm³/mol. The van der Waals surface area contributed by atoms with Crippen LogP contribution < -0.4 is 5.73 Å². The Bertz CT molecular complexity index is 480. The van der Waals surface area contributed by atoms with E-state index in [1.165, 1.54) is 45.6 Å². The number of benzene rings is 1. The summed E-state index contributed by atoms with van der Waals surface area (Å²) in [6.45, 7) is 0.736. The monoisotopic (exact) mass is 290 g/mol. The van der Waals surface area contributed by atoms with Gasteiger partial charge in [0.2, 0.25) is 0 Å². The van der Waals surface area contributed by atoms with E-state index in [0.29, 0.717) is 17.3 Å². The molecule has 0 amide bonds. The fourth-order valence-electron chi connectivity index (χ4n) is 3.20. The minimum Gasteiger partial charge on any atom is -0.465 e. The summed E-state index contributed by atoms with van der Waals surface area (Å²) >= 11 is 0. The van der Waals surface area contributed by atoms with Crippen LogP contribution in [-0.4, -0.2) is 31.1 Å². The summed E-state index contributed by atoms with van der Waals surface area (Å²) in [7, 11) is 3.54. The van der Waals surface area contributed by atoms with Crippen LogP contribution in [0.5, 0.6) is 0 Å². The van der Waals surface area contributed by atoms with Crippen molar-refractivity contribution in [3.8, 4) is 0 Å². The molecule has 0 spiro atoms. The van der Waals surface area contributed by atoms with E-state index in [1.807, 2.05) is 12.1 Å². The Balaban J connectivity index is 2.14. The molecule has 1 aromatic rings. The van der Waals surface area contributed by atoms with Gasteiger partial charge in [-0.25, -0.2) is 4.79 Å². The molecule has 0 heterocycles. The Morgan fingerprint density at radius 1 is 1.29 bits per heavy atom. The van der Waals surface area contributed by atoms with Crippen LogP contribution in [0.25, 0.3) is 0 Å². The number of anilines is 1. The van der Waals surface area contributed by atoms with E-state index in [2.05, 4.69) is 11.9 Å². The molecule has 2 N–H and O–H groups in total. The lowest BCUT2D eigenvalue weighted by Crippen LogP contribution is -2.31. The van der Waals surface area contributed by atoms with Crippen molar-refractivity contribution in [3.63, 3.8) is 0 Å². The molecule has 116 valence electrons. The first-order valence-electron chi connectivity index (χ1n) is 7.79. The maximum absolute atomic E-state index is 11.9. The Morgan fingerprint density at radius 3 is 2.57 bits per heavy atom. The SMILES string of the molecule is COC(=O)c1c(N)cccc1CN(C)C1CCCCCC1. The third-order valence-electron chi connectivity index (χ3n) is 4.44. The summed E-state index contributed by atoms with van der Waals surface area (Å²) in [5, 5.41) is 0. The van der Waals surface area contributed by atoms with Crippen molar-refractivity contribution < 1.29 is 9.53 Å². The maximum Gasteiger partial charge on any atom is 0.340 e. The second-order valence-corrected chi connectivity index (χ2v) is 5.93. The molecule has 0 atom stereocenters. The number of ether oxygens (including phenoxy) is 1. The van der Waals surface area contributed by atoms with Gasteiger partial charge in [0.15, 0.2) is 0 Å². The van der Waals surface area contributed by atoms with E-state index < -0.39 is 0 Å². The van der Waals surface area contributed by atoms with Crippen molar-refractivity contribution in [1.82, 2.24) is 4.90 Å². The van der Waals surface area contributed by atoms with Crippen LogP contribution in [0.15, 0.2) is 18.2 Å². The van der Waals surface area contributed by atoms with Gasteiger partial charge in [-0.15, -0.1) is 0 Å². The van der Waals surface area contributed by atoms with Gasteiger partial charge in [-0.2, -0.15) is 0 Å². The lowest BCUT2D eigenvalue weighted by molar-refractivity contribution is 0.0599. The van der Waals surface area contributed by atoms with Gasteiger partial charge < -0.3 is 10.5 Å². The largest absolute Gasteiger partial charge is 0.465 e. The number of nitrogens with zero attached hydrogens (tertiary/aromatic N) is 1. The second-order valence-electron chi connectivity index (χ2n) is 5.93. The third-order valence-corrected chi connectivity index (χ3v) is 4.44. The van der Waals surface area contributed by atoms with Crippen LogP contribution in [0.2, 0.25) is 0 Å². The topological polar surface area (TPSA) is 55.6 Å². The van der Waals surface area contributed by atoms with Gasteiger partial charge >= 0.3 is 5.97 Å². The molecule has 4 heteroatoms. The Kier molecular flexibility index (Phi) is 5.62. The highest BCUT2D eigenvalue weighted by molar-refractivity contribution is 5.96. The zero-order valence-corrected chi connectivity index (χ0v) is 13.1. The fourth-order valence-corrected chi connectivity index (χ4v) is 3.20. The number of rotatable bonds is 4. The van der Waals surface area contributed by atoms with E-state index in [9.17, 15) is 4.79 Å². The molecule has 0 unspecified atom stereocenters.